The Morgan fingerprint density at radius 3 is 1.02 bits per heavy atom. The summed E-state index contributed by atoms with van der Waals surface area (Å²) in [4.78, 5) is 65.2. The van der Waals surface area contributed by atoms with Crippen molar-refractivity contribution in [2.75, 3.05) is 92.6 Å². The number of benzene rings is 6. The topological polar surface area (TPSA) is 143 Å². The van der Waals surface area contributed by atoms with Crippen molar-refractivity contribution in [3.05, 3.63) is 211 Å². The minimum absolute atomic E-state index is 0. The first-order valence-electron chi connectivity index (χ1n) is 28.6. The molecule has 4 N–H and O–H groups in total. The van der Waals surface area contributed by atoms with Crippen LogP contribution in [0, 0.1) is 0 Å². The number of likely N-dealkylation sites (tertiary alicyclic amines) is 2. The van der Waals surface area contributed by atoms with Gasteiger partial charge in [-0.2, -0.15) is 0 Å². The lowest BCUT2D eigenvalue weighted by Gasteiger charge is -2.51. The quantitative estimate of drug-likeness (QED) is 0.110. The fraction of sp³-hybridized carbons (Fsp3) is 0.394. The van der Waals surface area contributed by atoms with Gasteiger partial charge in [0.2, 0.25) is 11.8 Å². The molecule has 2 atom stereocenters. The molecule has 4 heterocycles. The number of hydrogen-bond donors (Lipinski definition) is 2. The average Bonchev–Trinajstić information content (AvgIpc) is 2.57. The second-order valence-electron chi connectivity index (χ2n) is 22.8. The third-order valence-electron chi connectivity index (χ3n) is 17.9. The van der Waals surface area contributed by atoms with E-state index in [2.05, 4.69) is 80.7 Å². The number of carbonyl (C=O) groups excluding carboxylic acids is 4. The monoisotopic (exact) mass is 1350 g/mol. The molecule has 0 bridgehead atoms. The molecule has 87 heavy (non-hydrogen) atoms. The van der Waals surface area contributed by atoms with Gasteiger partial charge in [-0.25, -0.2) is 0 Å². The smallest absolute Gasteiger partial charge is 0.253 e. The van der Waals surface area contributed by atoms with E-state index in [1.807, 2.05) is 131 Å². The fourth-order valence-electron chi connectivity index (χ4n) is 13.1. The maximum Gasteiger partial charge on any atom is 0.253 e. The molecular weight excluding hydrogens is 1270 g/mol. The van der Waals surface area contributed by atoms with Crippen molar-refractivity contribution in [3.8, 4) is 0 Å². The third-order valence-corrected chi connectivity index (χ3v) is 19.4. The molecular formula is C66H82Cl8N8O5. The van der Waals surface area contributed by atoms with Crippen LogP contribution in [0.15, 0.2) is 158 Å². The number of piperidine rings is 2. The Morgan fingerprint density at radius 1 is 0.414 bits per heavy atom. The van der Waals surface area contributed by atoms with E-state index >= 15 is 0 Å². The minimum atomic E-state index is -0.428. The van der Waals surface area contributed by atoms with Crippen LogP contribution in [-0.4, -0.2) is 151 Å². The van der Waals surface area contributed by atoms with Crippen molar-refractivity contribution >= 4 is 120 Å². The Balaban J connectivity index is 0.000000352. The van der Waals surface area contributed by atoms with Gasteiger partial charge in [0, 0.05) is 104 Å². The number of rotatable bonds is 14. The lowest BCUT2D eigenvalue weighted by Crippen LogP contribution is -2.61. The first-order valence-corrected chi connectivity index (χ1v) is 30.1. The van der Waals surface area contributed by atoms with Crippen LogP contribution in [0.4, 0.5) is 0 Å². The highest BCUT2D eigenvalue weighted by molar-refractivity contribution is 6.42. The number of nitrogens with zero attached hydrogens (tertiary/aromatic N) is 6. The standard InChI is InChI=1S/2C33H38Cl2N4O2.4ClH.H2O/c2*1-25(40)36-32(27-11-7-4-8-12-27)15-18-38(19-16-32)20-17-33(28-13-14-29(34)30(35)23-28)24-39(22-21-37(33)2)31(41)26-9-5-3-6-10-26;;;;;/h2*3-14,23H,15-22,24H2,1-2H3,(H,36,40);4*1H;1H2. The van der Waals surface area contributed by atoms with Gasteiger partial charge in [0.25, 0.3) is 11.8 Å². The Bertz CT molecular complexity index is 2950. The molecule has 0 aromatic heterocycles. The first-order chi connectivity index (χ1) is 39.4. The molecule has 472 valence electrons. The van der Waals surface area contributed by atoms with Gasteiger partial charge < -0.3 is 35.7 Å². The predicted octanol–water partition coefficient (Wildman–Crippen LogP) is 12.5. The van der Waals surface area contributed by atoms with E-state index in [-0.39, 0.29) is 89.8 Å². The van der Waals surface area contributed by atoms with E-state index in [9.17, 15) is 19.2 Å². The molecule has 2 unspecified atom stereocenters. The summed E-state index contributed by atoms with van der Waals surface area (Å²) < 4.78 is 0. The van der Waals surface area contributed by atoms with Crippen LogP contribution in [-0.2, 0) is 31.7 Å². The zero-order valence-corrected chi connectivity index (χ0v) is 56.0. The normalized spacial score (nSPS) is 20.2. The lowest BCUT2D eigenvalue weighted by atomic mass is 9.79. The van der Waals surface area contributed by atoms with Crippen molar-refractivity contribution in [3.63, 3.8) is 0 Å². The van der Waals surface area contributed by atoms with E-state index in [0.717, 1.165) is 113 Å². The van der Waals surface area contributed by atoms with Crippen LogP contribution in [0.1, 0.15) is 95.3 Å². The van der Waals surface area contributed by atoms with Gasteiger partial charge in [0.1, 0.15) is 0 Å². The summed E-state index contributed by atoms with van der Waals surface area (Å²) in [5.74, 6) is 0.0777. The predicted molar refractivity (Wildman–Crippen MR) is 363 cm³/mol. The first kappa shape index (κ1) is 74.8. The molecule has 4 amide bonds. The SMILES string of the molecule is CC(=O)NC1(c2ccccc2)CCN(CCC2(c3ccc(Cl)c(Cl)c3)CN(C(=O)c3ccccc3)CCN2C)CC1.CC(=O)NC1(c2ccccc2)CCN(CCC2(c3ccc(Cl)c(Cl)c3)CN(C(=O)c3ccccc3)CCN2C)CC1.Cl.Cl.Cl.Cl.O. The third kappa shape index (κ3) is 17.4. The highest BCUT2D eigenvalue weighted by Crippen LogP contribution is 2.42. The molecule has 0 aliphatic carbocycles. The maximum atomic E-state index is 13.6. The number of hydrogen-bond acceptors (Lipinski definition) is 8. The lowest BCUT2D eigenvalue weighted by molar-refractivity contribution is -0.122. The van der Waals surface area contributed by atoms with Crippen LogP contribution >= 0.6 is 96.0 Å². The summed E-state index contributed by atoms with van der Waals surface area (Å²) in [6.07, 6.45) is 4.99. The number of halogens is 8. The molecule has 4 aliphatic heterocycles. The van der Waals surface area contributed by atoms with Gasteiger partial charge in [-0.15, -0.1) is 49.6 Å². The summed E-state index contributed by atoms with van der Waals surface area (Å²) in [6.45, 7) is 12.3. The van der Waals surface area contributed by atoms with Crippen molar-refractivity contribution < 1.29 is 24.7 Å². The fourth-order valence-corrected chi connectivity index (χ4v) is 13.7. The molecule has 0 radical (unpaired) electrons. The Morgan fingerprint density at radius 2 is 0.724 bits per heavy atom. The largest absolute Gasteiger partial charge is 0.412 e. The van der Waals surface area contributed by atoms with Gasteiger partial charge >= 0.3 is 0 Å². The van der Waals surface area contributed by atoms with Crippen molar-refractivity contribution in [2.24, 2.45) is 0 Å². The zero-order chi connectivity index (χ0) is 58.1. The molecule has 0 saturated carbocycles. The van der Waals surface area contributed by atoms with Gasteiger partial charge in [-0.3, -0.25) is 29.0 Å². The Hall–Kier alpha value is -4.68. The molecule has 10 rings (SSSR count). The number of nitrogens with one attached hydrogen (secondary N) is 2. The van der Waals surface area contributed by atoms with Crippen LogP contribution in [0.3, 0.4) is 0 Å². The van der Waals surface area contributed by atoms with Crippen molar-refractivity contribution in [1.29, 1.82) is 0 Å². The van der Waals surface area contributed by atoms with E-state index in [1.165, 1.54) is 0 Å². The summed E-state index contributed by atoms with van der Waals surface area (Å²) in [7, 11) is 4.28. The second kappa shape index (κ2) is 33.4. The van der Waals surface area contributed by atoms with E-state index in [0.29, 0.717) is 57.4 Å². The van der Waals surface area contributed by atoms with Crippen LogP contribution in [0.5, 0.6) is 0 Å². The highest BCUT2D eigenvalue weighted by atomic mass is 35.5. The molecule has 4 saturated heterocycles. The molecule has 6 aromatic carbocycles. The molecule has 13 nitrogen and oxygen atoms in total. The summed E-state index contributed by atoms with van der Waals surface area (Å²) in [5.41, 5.74) is 4.27. The number of carbonyl (C=O) groups is 4. The Labute approximate surface area is 558 Å². The van der Waals surface area contributed by atoms with Crippen molar-refractivity contribution in [2.45, 2.75) is 74.5 Å². The summed E-state index contributed by atoms with van der Waals surface area (Å²) >= 11 is 25.7. The van der Waals surface area contributed by atoms with Crippen LogP contribution in [0.25, 0.3) is 0 Å². The van der Waals surface area contributed by atoms with Gasteiger partial charge in [-0.05, 0) is 123 Å². The van der Waals surface area contributed by atoms with Gasteiger partial charge in [0.15, 0.2) is 0 Å². The molecule has 4 aliphatic rings. The number of piperazine rings is 2. The number of likely N-dealkylation sites (N-methyl/N-ethyl adjacent to an activating group) is 2. The minimum Gasteiger partial charge on any atom is -0.412 e. The van der Waals surface area contributed by atoms with Crippen molar-refractivity contribution in [1.82, 2.24) is 40.0 Å². The van der Waals surface area contributed by atoms with Crippen LogP contribution < -0.4 is 10.6 Å². The van der Waals surface area contributed by atoms with Gasteiger partial charge in [0.05, 0.1) is 42.2 Å². The van der Waals surface area contributed by atoms with Crippen LogP contribution in [0.2, 0.25) is 20.1 Å². The molecule has 0 spiro atoms. The maximum absolute atomic E-state index is 13.6. The van der Waals surface area contributed by atoms with E-state index < -0.39 is 11.1 Å². The summed E-state index contributed by atoms with van der Waals surface area (Å²) in [6, 6.07) is 51.3. The van der Waals surface area contributed by atoms with E-state index in [4.69, 9.17) is 46.4 Å². The number of amides is 4. The zero-order valence-electron chi connectivity index (χ0n) is 49.7. The molecule has 21 heteroatoms. The van der Waals surface area contributed by atoms with E-state index in [1.54, 1.807) is 13.8 Å². The molecule has 4 fully saturated rings. The summed E-state index contributed by atoms with van der Waals surface area (Å²) in [5, 5.41) is 8.63. The average molecular weight is 1350 g/mol. The molecule has 6 aromatic rings. The Kier molecular flexibility index (Phi) is 28.7. The highest BCUT2D eigenvalue weighted by Gasteiger charge is 2.46. The second-order valence-corrected chi connectivity index (χ2v) is 24.4. The van der Waals surface area contributed by atoms with Gasteiger partial charge in [-0.1, -0.05) is 156 Å².